The van der Waals surface area contributed by atoms with E-state index in [2.05, 4.69) is 10.3 Å². The Morgan fingerprint density at radius 3 is 3.11 bits per heavy atom. The topological polar surface area (TPSA) is 39.1 Å². The highest BCUT2D eigenvalue weighted by Gasteiger charge is 2.07. The summed E-state index contributed by atoms with van der Waals surface area (Å²) in [5.41, 5.74) is 0.312. The zero-order valence-electron chi connectivity index (χ0n) is 10.6. The summed E-state index contributed by atoms with van der Waals surface area (Å²) >= 11 is 5.85. The first-order valence-electron chi connectivity index (χ1n) is 5.93. The van der Waals surface area contributed by atoms with Gasteiger partial charge in [0.25, 0.3) is 0 Å². The van der Waals surface area contributed by atoms with Crippen LogP contribution in [0.25, 0.3) is 0 Å². The number of nitrogens with one attached hydrogen (secondary N) is 1. The normalized spacial score (nSPS) is 10.7. The van der Waals surface area contributed by atoms with Crippen LogP contribution in [0.4, 0.5) is 16.0 Å². The van der Waals surface area contributed by atoms with Crippen LogP contribution in [-0.4, -0.2) is 23.3 Å². The molecule has 6 heteroatoms. The van der Waals surface area contributed by atoms with Gasteiger partial charge < -0.3 is 14.6 Å². The molecule has 0 aliphatic heterocycles. The summed E-state index contributed by atoms with van der Waals surface area (Å²) in [7, 11) is 1.66. The van der Waals surface area contributed by atoms with Crippen LogP contribution < -0.4 is 5.32 Å². The van der Waals surface area contributed by atoms with E-state index in [9.17, 15) is 4.39 Å². The number of aromatic nitrogens is 2. The number of anilines is 2. The van der Waals surface area contributed by atoms with Crippen molar-refractivity contribution in [3.05, 3.63) is 41.4 Å². The Bertz CT molecular complexity index is 544. The maximum absolute atomic E-state index is 13.6. The monoisotopic (exact) mass is 283 g/mol. The van der Waals surface area contributed by atoms with Crippen molar-refractivity contribution >= 4 is 23.2 Å². The molecule has 0 fully saturated rings. The van der Waals surface area contributed by atoms with Crippen LogP contribution in [0, 0.1) is 5.82 Å². The molecule has 19 heavy (non-hydrogen) atoms. The molecule has 0 aliphatic rings. The number of hydrogen-bond acceptors (Lipinski definition) is 3. The van der Waals surface area contributed by atoms with Crippen molar-refractivity contribution in [2.45, 2.75) is 13.0 Å². The van der Waals surface area contributed by atoms with E-state index in [-0.39, 0.29) is 5.82 Å². The minimum absolute atomic E-state index is 0.312. The number of aryl methyl sites for hydroxylation is 1. The maximum atomic E-state index is 13.6. The predicted octanol–water partition coefficient (Wildman–Crippen LogP) is 3.46. The van der Waals surface area contributed by atoms with Gasteiger partial charge in [0.1, 0.15) is 5.82 Å². The maximum Gasteiger partial charge on any atom is 0.207 e. The van der Waals surface area contributed by atoms with E-state index >= 15 is 0 Å². The van der Waals surface area contributed by atoms with E-state index in [4.69, 9.17) is 16.3 Å². The number of rotatable bonds is 6. The molecular formula is C13H15ClFN3O. The van der Waals surface area contributed by atoms with Gasteiger partial charge in [-0.1, -0.05) is 11.6 Å². The first-order valence-corrected chi connectivity index (χ1v) is 6.30. The third-order valence-corrected chi connectivity index (χ3v) is 2.87. The highest BCUT2D eigenvalue weighted by atomic mass is 35.5. The lowest BCUT2D eigenvalue weighted by Gasteiger charge is -2.10. The van der Waals surface area contributed by atoms with E-state index in [1.807, 2.05) is 10.8 Å². The van der Waals surface area contributed by atoms with Crippen molar-refractivity contribution in [3.63, 3.8) is 0 Å². The van der Waals surface area contributed by atoms with Crippen LogP contribution in [0.3, 0.4) is 0 Å². The van der Waals surface area contributed by atoms with Gasteiger partial charge in [0.05, 0.1) is 5.69 Å². The van der Waals surface area contributed by atoms with Gasteiger partial charge in [0.15, 0.2) is 0 Å². The largest absolute Gasteiger partial charge is 0.385 e. The molecule has 0 saturated heterocycles. The van der Waals surface area contributed by atoms with Crippen molar-refractivity contribution in [3.8, 4) is 0 Å². The third kappa shape index (κ3) is 3.68. The van der Waals surface area contributed by atoms with Crippen molar-refractivity contribution in [1.29, 1.82) is 0 Å². The Morgan fingerprint density at radius 2 is 2.32 bits per heavy atom. The Morgan fingerprint density at radius 1 is 1.47 bits per heavy atom. The van der Waals surface area contributed by atoms with Crippen LogP contribution in [0.2, 0.25) is 5.02 Å². The standard InChI is InChI=1S/C13H15ClFN3O/c1-19-8-2-6-18-7-5-16-13(18)17-12-9-10(14)3-4-11(12)15/h3-5,7,9H,2,6,8H2,1H3,(H,16,17). The Labute approximate surface area is 116 Å². The van der Waals surface area contributed by atoms with Crippen molar-refractivity contribution in [2.75, 3.05) is 19.0 Å². The second kappa shape index (κ2) is 6.54. The lowest BCUT2D eigenvalue weighted by atomic mass is 10.3. The smallest absolute Gasteiger partial charge is 0.207 e. The number of hydrogen-bond donors (Lipinski definition) is 1. The molecule has 1 aromatic carbocycles. The number of benzene rings is 1. The first-order chi connectivity index (χ1) is 9.20. The molecule has 0 bridgehead atoms. The molecule has 1 heterocycles. The highest BCUT2D eigenvalue weighted by Crippen LogP contribution is 2.22. The summed E-state index contributed by atoms with van der Waals surface area (Å²) in [5, 5.41) is 3.41. The van der Waals surface area contributed by atoms with E-state index in [1.54, 1.807) is 13.3 Å². The summed E-state index contributed by atoms with van der Waals surface area (Å²) in [6, 6.07) is 4.36. The third-order valence-electron chi connectivity index (χ3n) is 2.64. The first kappa shape index (κ1) is 13.8. The zero-order chi connectivity index (χ0) is 13.7. The average molecular weight is 284 g/mol. The molecule has 1 N–H and O–H groups in total. The van der Waals surface area contributed by atoms with Crippen molar-refractivity contribution in [2.24, 2.45) is 0 Å². The van der Waals surface area contributed by atoms with Crippen LogP contribution in [0.5, 0.6) is 0 Å². The SMILES string of the molecule is COCCCn1ccnc1Nc1cc(Cl)ccc1F. The van der Waals surface area contributed by atoms with Gasteiger partial charge in [0, 0.05) is 37.7 Å². The van der Waals surface area contributed by atoms with Crippen molar-refractivity contribution in [1.82, 2.24) is 9.55 Å². The zero-order valence-corrected chi connectivity index (χ0v) is 11.3. The van der Waals surface area contributed by atoms with Gasteiger partial charge in [-0.2, -0.15) is 0 Å². The van der Waals surface area contributed by atoms with Crippen LogP contribution in [-0.2, 0) is 11.3 Å². The summed E-state index contributed by atoms with van der Waals surface area (Å²) in [5.74, 6) is 0.216. The fourth-order valence-electron chi connectivity index (χ4n) is 1.71. The molecule has 0 radical (unpaired) electrons. The lowest BCUT2D eigenvalue weighted by Crippen LogP contribution is -2.06. The molecule has 102 valence electrons. The quantitative estimate of drug-likeness (QED) is 0.825. The minimum Gasteiger partial charge on any atom is -0.385 e. The van der Waals surface area contributed by atoms with Gasteiger partial charge in [0.2, 0.25) is 5.95 Å². The fourth-order valence-corrected chi connectivity index (χ4v) is 1.88. The van der Waals surface area contributed by atoms with Gasteiger partial charge in [-0.25, -0.2) is 9.37 Å². The Kier molecular flexibility index (Phi) is 4.76. The molecule has 0 unspecified atom stereocenters. The van der Waals surface area contributed by atoms with Crippen molar-refractivity contribution < 1.29 is 9.13 Å². The number of halogens is 2. The molecule has 0 saturated carbocycles. The van der Waals surface area contributed by atoms with Gasteiger partial charge in [-0.05, 0) is 24.6 Å². The van der Waals surface area contributed by atoms with Crippen LogP contribution in [0.1, 0.15) is 6.42 Å². The average Bonchev–Trinajstić information content (AvgIpc) is 2.82. The summed E-state index contributed by atoms with van der Waals surface area (Å²) in [6.45, 7) is 1.42. The molecule has 1 aromatic heterocycles. The summed E-state index contributed by atoms with van der Waals surface area (Å²) in [4.78, 5) is 4.16. The molecule has 2 rings (SSSR count). The van der Waals surface area contributed by atoms with Gasteiger partial charge in [-0.15, -0.1) is 0 Å². The molecule has 0 aliphatic carbocycles. The van der Waals surface area contributed by atoms with Crippen LogP contribution >= 0.6 is 11.6 Å². The van der Waals surface area contributed by atoms with E-state index in [0.29, 0.717) is 23.3 Å². The molecular weight excluding hydrogens is 269 g/mol. The highest BCUT2D eigenvalue weighted by molar-refractivity contribution is 6.30. The second-order valence-corrected chi connectivity index (χ2v) is 4.48. The van der Waals surface area contributed by atoms with E-state index < -0.39 is 0 Å². The van der Waals surface area contributed by atoms with Gasteiger partial charge >= 0.3 is 0 Å². The van der Waals surface area contributed by atoms with Gasteiger partial charge in [-0.3, -0.25) is 0 Å². The minimum atomic E-state index is -0.365. The molecule has 4 nitrogen and oxygen atoms in total. The summed E-state index contributed by atoms with van der Waals surface area (Å²) < 4.78 is 20.5. The molecule has 2 aromatic rings. The number of nitrogens with zero attached hydrogens (tertiary/aromatic N) is 2. The number of ether oxygens (including phenoxy) is 1. The molecule has 0 atom stereocenters. The Balaban J connectivity index is 2.10. The van der Waals surface area contributed by atoms with E-state index in [0.717, 1.165) is 13.0 Å². The van der Waals surface area contributed by atoms with Crippen LogP contribution in [0.15, 0.2) is 30.6 Å². The number of imidazole rings is 1. The molecule has 0 amide bonds. The lowest BCUT2D eigenvalue weighted by molar-refractivity contribution is 0.190. The predicted molar refractivity (Wildman–Crippen MR) is 73.4 cm³/mol. The molecule has 0 spiro atoms. The van der Waals surface area contributed by atoms with E-state index in [1.165, 1.54) is 18.2 Å². The fraction of sp³-hybridized carbons (Fsp3) is 0.308. The Hall–Kier alpha value is -1.59. The number of methoxy groups -OCH3 is 1. The summed E-state index contributed by atoms with van der Waals surface area (Å²) in [6.07, 6.45) is 4.36. The second-order valence-electron chi connectivity index (χ2n) is 4.04.